The smallest absolute Gasteiger partial charge is 0.226 e. The quantitative estimate of drug-likeness (QED) is 0.669. The Morgan fingerprint density at radius 3 is 3.09 bits per heavy atom. The van der Waals surface area contributed by atoms with Gasteiger partial charge in [0.25, 0.3) is 0 Å². The molecule has 5 heteroatoms. The summed E-state index contributed by atoms with van der Waals surface area (Å²) >= 11 is 0. The Kier molecular flexibility index (Phi) is 4.53. The van der Waals surface area contributed by atoms with Crippen LogP contribution in [-0.4, -0.2) is 21.1 Å². The number of aryl methyl sites for hydroxylation is 1. The zero-order valence-electron chi connectivity index (χ0n) is 12.6. The number of rotatable bonds is 7. The Morgan fingerprint density at radius 1 is 1.32 bits per heavy atom. The summed E-state index contributed by atoms with van der Waals surface area (Å²) in [5, 5.41) is 0. The molecular weight excluding hydrogens is 278 g/mol. The molecule has 0 spiro atoms. The molecule has 3 rings (SSSR count). The number of hydrogen-bond donors (Lipinski definition) is 0. The molecule has 2 aromatic heterocycles. The Hall–Kier alpha value is -2.56. The van der Waals surface area contributed by atoms with E-state index in [0.29, 0.717) is 12.5 Å². The van der Waals surface area contributed by atoms with E-state index in [-0.39, 0.29) is 0 Å². The zero-order valence-corrected chi connectivity index (χ0v) is 12.6. The Morgan fingerprint density at radius 2 is 2.27 bits per heavy atom. The van der Waals surface area contributed by atoms with Crippen LogP contribution < -0.4 is 4.74 Å². The first-order chi connectivity index (χ1) is 10.8. The van der Waals surface area contributed by atoms with Crippen molar-refractivity contribution in [2.45, 2.75) is 26.3 Å². The van der Waals surface area contributed by atoms with E-state index >= 15 is 0 Å². The van der Waals surface area contributed by atoms with Crippen molar-refractivity contribution in [3.8, 4) is 17.2 Å². The average molecular weight is 297 g/mol. The van der Waals surface area contributed by atoms with E-state index in [2.05, 4.69) is 16.9 Å². The van der Waals surface area contributed by atoms with E-state index in [0.717, 1.165) is 36.4 Å². The van der Waals surface area contributed by atoms with E-state index < -0.39 is 0 Å². The molecule has 0 N–H and O–H groups in total. The zero-order chi connectivity index (χ0) is 15.2. The number of imidazole rings is 1. The molecule has 0 unspecified atom stereocenters. The fourth-order valence-electron chi connectivity index (χ4n) is 2.22. The number of oxazole rings is 1. The van der Waals surface area contributed by atoms with E-state index in [9.17, 15) is 0 Å². The summed E-state index contributed by atoms with van der Waals surface area (Å²) in [6.07, 6.45) is 9.18. The third-order valence-corrected chi connectivity index (χ3v) is 3.32. The molecule has 0 fully saturated rings. The van der Waals surface area contributed by atoms with Crippen molar-refractivity contribution in [3.63, 3.8) is 0 Å². The first-order valence-corrected chi connectivity index (χ1v) is 7.48. The number of hydrogen-bond acceptors (Lipinski definition) is 4. The molecular formula is C17H19N3O2. The molecule has 2 heterocycles. The normalized spacial score (nSPS) is 10.8. The van der Waals surface area contributed by atoms with Crippen LogP contribution in [0.2, 0.25) is 0 Å². The minimum Gasteiger partial charge on any atom is -0.492 e. The van der Waals surface area contributed by atoms with Gasteiger partial charge in [0.15, 0.2) is 0 Å². The maximum absolute atomic E-state index is 5.78. The SMILES string of the molecule is CCCc1coc(-c2cccc(OCCn3ccnc3)c2)n1. The topological polar surface area (TPSA) is 53.1 Å². The molecule has 0 aliphatic rings. The number of nitrogens with zero attached hydrogens (tertiary/aromatic N) is 3. The van der Waals surface area contributed by atoms with Crippen LogP contribution in [0, 0.1) is 0 Å². The van der Waals surface area contributed by atoms with Crippen LogP contribution in [0.5, 0.6) is 5.75 Å². The molecule has 0 amide bonds. The van der Waals surface area contributed by atoms with Crippen LogP contribution in [-0.2, 0) is 13.0 Å². The molecule has 0 bridgehead atoms. The van der Waals surface area contributed by atoms with Gasteiger partial charge >= 0.3 is 0 Å². The fraction of sp³-hybridized carbons (Fsp3) is 0.294. The lowest BCUT2D eigenvalue weighted by atomic mass is 10.2. The lowest BCUT2D eigenvalue weighted by Gasteiger charge is -2.07. The van der Waals surface area contributed by atoms with E-state index in [4.69, 9.17) is 9.15 Å². The van der Waals surface area contributed by atoms with Crippen molar-refractivity contribution in [2.75, 3.05) is 6.61 Å². The van der Waals surface area contributed by atoms with E-state index in [1.165, 1.54) is 0 Å². The monoisotopic (exact) mass is 297 g/mol. The van der Waals surface area contributed by atoms with Gasteiger partial charge in [-0.15, -0.1) is 0 Å². The van der Waals surface area contributed by atoms with Gasteiger partial charge in [-0.1, -0.05) is 19.4 Å². The van der Waals surface area contributed by atoms with Crippen molar-refractivity contribution in [2.24, 2.45) is 0 Å². The molecule has 114 valence electrons. The van der Waals surface area contributed by atoms with Gasteiger partial charge in [0.1, 0.15) is 18.6 Å². The van der Waals surface area contributed by atoms with Gasteiger partial charge in [0, 0.05) is 18.0 Å². The van der Waals surface area contributed by atoms with Crippen LogP contribution in [0.25, 0.3) is 11.5 Å². The largest absolute Gasteiger partial charge is 0.492 e. The molecule has 22 heavy (non-hydrogen) atoms. The van der Waals surface area contributed by atoms with Crippen molar-refractivity contribution in [1.82, 2.24) is 14.5 Å². The Balaban J connectivity index is 1.63. The highest BCUT2D eigenvalue weighted by atomic mass is 16.5. The average Bonchev–Trinajstić information content (AvgIpc) is 3.20. The molecule has 0 saturated heterocycles. The highest BCUT2D eigenvalue weighted by Crippen LogP contribution is 2.23. The van der Waals surface area contributed by atoms with Crippen molar-refractivity contribution in [1.29, 1.82) is 0 Å². The molecule has 0 atom stereocenters. The summed E-state index contributed by atoms with van der Waals surface area (Å²) < 4.78 is 13.3. The lowest BCUT2D eigenvalue weighted by Crippen LogP contribution is -2.06. The van der Waals surface area contributed by atoms with Crippen molar-refractivity contribution in [3.05, 3.63) is 54.9 Å². The van der Waals surface area contributed by atoms with E-state index in [1.807, 2.05) is 35.0 Å². The molecule has 0 aliphatic carbocycles. The van der Waals surface area contributed by atoms with Crippen LogP contribution in [0.4, 0.5) is 0 Å². The standard InChI is InChI=1S/C17H19N3O2/c1-2-4-15-12-22-17(19-15)14-5-3-6-16(11-14)21-10-9-20-8-7-18-13-20/h3,5-8,11-13H,2,4,9-10H2,1H3. The highest BCUT2D eigenvalue weighted by Gasteiger charge is 2.07. The number of benzene rings is 1. The third-order valence-electron chi connectivity index (χ3n) is 3.32. The number of ether oxygens (including phenoxy) is 1. The van der Waals surface area contributed by atoms with Gasteiger partial charge in [0.05, 0.1) is 18.6 Å². The van der Waals surface area contributed by atoms with Crippen molar-refractivity contribution < 1.29 is 9.15 Å². The lowest BCUT2D eigenvalue weighted by molar-refractivity contribution is 0.298. The summed E-state index contributed by atoms with van der Waals surface area (Å²) in [5.41, 5.74) is 1.92. The third kappa shape index (κ3) is 3.55. The number of aromatic nitrogens is 3. The first-order valence-electron chi connectivity index (χ1n) is 7.48. The molecule has 5 nitrogen and oxygen atoms in total. The second-order valence-electron chi connectivity index (χ2n) is 5.07. The Bertz CT molecular complexity index is 704. The summed E-state index contributed by atoms with van der Waals surface area (Å²) in [6, 6.07) is 7.82. The van der Waals surface area contributed by atoms with Crippen LogP contribution >= 0.6 is 0 Å². The van der Waals surface area contributed by atoms with Gasteiger partial charge in [-0.25, -0.2) is 9.97 Å². The highest BCUT2D eigenvalue weighted by molar-refractivity contribution is 5.56. The van der Waals surface area contributed by atoms with Gasteiger partial charge in [-0.2, -0.15) is 0 Å². The summed E-state index contributed by atoms with van der Waals surface area (Å²) in [7, 11) is 0. The maximum atomic E-state index is 5.78. The Labute approximate surface area is 129 Å². The van der Waals surface area contributed by atoms with Crippen LogP contribution in [0.15, 0.2) is 53.7 Å². The van der Waals surface area contributed by atoms with E-state index in [1.54, 1.807) is 18.8 Å². The molecule has 3 aromatic rings. The van der Waals surface area contributed by atoms with Crippen LogP contribution in [0.3, 0.4) is 0 Å². The minimum atomic E-state index is 0.590. The molecule has 1 aromatic carbocycles. The fourth-order valence-corrected chi connectivity index (χ4v) is 2.22. The van der Waals surface area contributed by atoms with Gasteiger partial charge in [-0.3, -0.25) is 0 Å². The molecule has 0 aliphatic heterocycles. The van der Waals surface area contributed by atoms with Crippen molar-refractivity contribution >= 4 is 0 Å². The predicted octanol–water partition coefficient (Wildman–Crippen LogP) is 3.57. The summed E-state index contributed by atoms with van der Waals surface area (Å²) in [6.45, 7) is 3.49. The molecule has 0 radical (unpaired) electrons. The summed E-state index contributed by atoms with van der Waals surface area (Å²) in [5.74, 6) is 1.45. The minimum absolute atomic E-state index is 0.590. The maximum Gasteiger partial charge on any atom is 0.226 e. The van der Waals surface area contributed by atoms with Crippen LogP contribution in [0.1, 0.15) is 19.0 Å². The first kappa shape index (κ1) is 14.4. The van der Waals surface area contributed by atoms with Gasteiger partial charge < -0.3 is 13.7 Å². The summed E-state index contributed by atoms with van der Waals surface area (Å²) in [4.78, 5) is 8.50. The van der Waals surface area contributed by atoms with Gasteiger partial charge in [-0.05, 0) is 24.6 Å². The predicted molar refractivity (Wildman–Crippen MR) is 83.7 cm³/mol. The van der Waals surface area contributed by atoms with Gasteiger partial charge in [0.2, 0.25) is 5.89 Å². The molecule has 0 saturated carbocycles. The second-order valence-corrected chi connectivity index (χ2v) is 5.07. The second kappa shape index (κ2) is 6.93.